The summed E-state index contributed by atoms with van der Waals surface area (Å²) in [4.78, 5) is 2.27. The lowest BCUT2D eigenvalue weighted by Gasteiger charge is -2.20. The van der Waals surface area contributed by atoms with Crippen LogP contribution in [0, 0.1) is 0 Å². The Hall–Kier alpha value is -0.810. The largest absolute Gasteiger partial charge is 0.409 e. The van der Waals surface area contributed by atoms with E-state index in [2.05, 4.69) is 10.1 Å². The zero-order valence-electron chi connectivity index (χ0n) is 8.39. The first-order chi connectivity index (χ1) is 6.77. The molecule has 0 atom stereocenters. The Kier molecular flexibility index (Phi) is 4.69. The van der Waals surface area contributed by atoms with Crippen molar-refractivity contribution in [1.82, 2.24) is 4.90 Å². The van der Waals surface area contributed by atoms with Crippen molar-refractivity contribution < 1.29 is 10.3 Å². The van der Waals surface area contributed by atoms with Crippen LogP contribution in [0.4, 0.5) is 0 Å². The average molecular weight is 201 g/mol. The minimum Gasteiger partial charge on any atom is -0.409 e. The molecule has 0 aromatic heterocycles. The fraction of sp³-hybridized carbons (Fsp3) is 0.889. The van der Waals surface area contributed by atoms with Gasteiger partial charge in [0.05, 0.1) is 6.61 Å². The summed E-state index contributed by atoms with van der Waals surface area (Å²) in [6.07, 6.45) is 3.98. The molecule has 14 heavy (non-hydrogen) atoms. The van der Waals surface area contributed by atoms with Crippen molar-refractivity contribution in [2.24, 2.45) is 10.9 Å². The molecule has 0 heterocycles. The van der Waals surface area contributed by atoms with Gasteiger partial charge in [-0.2, -0.15) is 0 Å². The maximum absolute atomic E-state index is 8.84. The molecular weight excluding hydrogens is 182 g/mol. The van der Waals surface area contributed by atoms with Crippen LogP contribution in [0.2, 0.25) is 0 Å². The maximum atomic E-state index is 8.84. The third-order valence-electron chi connectivity index (χ3n) is 2.46. The van der Waals surface area contributed by atoms with E-state index in [9.17, 15) is 0 Å². The van der Waals surface area contributed by atoms with Crippen LogP contribution in [0.15, 0.2) is 5.16 Å². The van der Waals surface area contributed by atoms with Crippen LogP contribution in [0.5, 0.6) is 0 Å². The standard InChI is InChI=1S/C9H19N3O2/c10-9(11-14)2-1-5-12(6-7-13)8-3-4-8/h8,13-14H,1-7H2,(H2,10,11). The molecule has 5 heteroatoms. The summed E-state index contributed by atoms with van der Waals surface area (Å²) in [5.41, 5.74) is 5.36. The fourth-order valence-electron chi connectivity index (χ4n) is 1.56. The average Bonchev–Trinajstić information content (AvgIpc) is 2.99. The second-order valence-corrected chi connectivity index (χ2v) is 3.69. The smallest absolute Gasteiger partial charge is 0.139 e. The summed E-state index contributed by atoms with van der Waals surface area (Å²) in [5, 5.41) is 20.1. The molecule has 0 spiro atoms. The van der Waals surface area contributed by atoms with Crippen molar-refractivity contribution in [3.63, 3.8) is 0 Å². The van der Waals surface area contributed by atoms with E-state index < -0.39 is 0 Å². The first kappa shape index (κ1) is 11.3. The molecule has 0 aliphatic heterocycles. The fourth-order valence-corrected chi connectivity index (χ4v) is 1.56. The Morgan fingerprint density at radius 2 is 2.14 bits per heavy atom. The van der Waals surface area contributed by atoms with E-state index in [0.717, 1.165) is 19.5 Å². The summed E-state index contributed by atoms with van der Waals surface area (Å²) in [5.74, 6) is 0.282. The summed E-state index contributed by atoms with van der Waals surface area (Å²) < 4.78 is 0. The molecule has 0 aromatic rings. The zero-order chi connectivity index (χ0) is 10.4. The summed E-state index contributed by atoms with van der Waals surface area (Å²) in [6, 6.07) is 0.662. The van der Waals surface area contributed by atoms with Gasteiger partial charge in [0.2, 0.25) is 0 Å². The Morgan fingerprint density at radius 3 is 2.64 bits per heavy atom. The van der Waals surface area contributed by atoms with Crippen LogP contribution in [0.25, 0.3) is 0 Å². The highest BCUT2D eigenvalue weighted by atomic mass is 16.4. The van der Waals surface area contributed by atoms with Crippen molar-refractivity contribution in [3.05, 3.63) is 0 Å². The minimum absolute atomic E-state index is 0.208. The van der Waals surface area contributed by atoms with E-state index in [0.29, 0.717) is 12.5 Å². The Bertz CT molecular complexity index is 192. The number of nitrogens with two attached hydrogens (primary N) is 1. The number of rotatable bonds is 7. The highest BCUT2D eigenvalue weighted by Crippen LogP contribution is 2.26. The van der Waals surface area contributed by atoms with Gasteiger partial charge in [-0.3, -0.25) is 4.90 Å². The van der Waals surface area contributed by atoms with E-state index >= 15 is 0 Å². The van der Waals surface area contributed by atoms with E-state index in [1.165, 1.54) is 12.8 Å². The van der Waals surface area contributed by atoms with Crippen LogP contribution < -0.4 is 5.73 Å². The van der Waals surface area contributed by atoms with Gasteiger partial charge in [0.25, 0.3) is 0 Å². The monoisotopic (exact) mass is 201 g/mol. The van der Waals surface area contributed by atoms with E-state index in [-0.39, 0.29) is 12.4 Å². The van der Waals surface area contributed by atoms with Gasteiger partial charge in [0, 0.05) is 19.0 Å². The van der Waals surface area contributed by atoms with Gasteiger partial charge in [-0.25, -0.2) is 0 Å². The molecule has 0 bridgehead atoms. The van der Waals surface area contributed by atoms with Gasteiger partial charge in [-0.15, -0.1) is 0 Å². The molecular formula is C9H19N3O2. The predicted octanol–water partition coefficient (Wildman–Crippen LogP) is -0.0303. The Morgan fingerprint density at radius 1 is 1.43 bits per heavy atom. The Labute approximate surface area is 84.2 Å². The lowest BCUT2D eigenvalue weighted by molar-refractivity contribution is 0.188. The topological polar surface area (TPSA) is 82.1 Å². The van der Waals surface area contributed by atoms with Crippen LogP contribution in [-0.2, 0) is 0 Å². The van der Waals surface area contributed by atoms with Crippen molar-refractivity contribution in [2.75, 3.05) is 19.7 Å². The number of oxime groups is 1. The Balaban J connectivity index is 2.13. The lowest BCUT2D eigenvalue weighted by Crippen LogP contribution is -2.30. The van der Waals surface area contributed by atoms with Crippen LogP contribution >= 0.6 is 0 Å². The SMILES string of the molecule is NC(CCCN(CCO)C1CC1)=NO. The molecule has 1 aliphatic rings. The van der Waals surface area contributed by atoms with Gasteiger partial charge >= 0.3 is 0 Å². The highest BCUT2D eigenvalue weighted by Gasteiger charge is 2.27. The molecule has 0 saturated heterocycles. The second-order valence-electron chi connectivity index (χ2n) is 3.69. The van der Waals surface area contributed by atoms with Gasteiger partial charge < -0.3 is 16.0 Å². The third kappa shape index (κ3) is 3.93. The van der Waals surface area contributed by atoms with Crippen LogP contribution in [0.1, 0.15) is 25.7 Å². The number of hydrogen-bond acceptors (Lipinski definition) is 4. The number of hydrogen-bond donors (Lipinski definition) is 3. The van der Waals surface area contributed by atoms with Gasteiger partial charge in [-0.05, 0) is 25.8 Å². The highest BCUT2D eigenvalue weighted by molar-refractivity contribution is 5.79. The molecule has 82 valence electrons. The van der Waals surface area contributed by atoms with Crippen LogP contribution in [-0.4, -0.2) is 46.8 Å². The predicted molar refractivity (Wildman–Crippen MR) is 54.3 cm³/mol. The molecule has 5 nitrogen and oxygen atoms in total. The number of nitrogens with zero attached hydrogens (tertiary/aromatic N) is 2. The molecule has 0 aromatic carbocycles. The van der Waals surface area contributed by atoms with E-state index in [4.69, 9.17) is 16.0 Å². The summed E-state index contributed by atoms with van der Waals surface area (Å²) in [7, 11) is 0. The molecule has 0 amide bonds. The first-order valence-corrected chi connectivity index (χ1v) is 5.09. The van der Waals surface area contributed by atoms with Crippen molar-refractivity contribution >= 4 is 5.84 Å². The third-order valence-corrected chi connectivity index (χ3v) is 2.46. The van der Waals surface area contributed by atoms with Crippen molar-refractivity contribution in [3.8, 4) is 0 Å². The summed E-state index contributed by atoms with van der Waals surface area (Å²) >= 11 is 0. The number of amidine groups is 1. The maximum Gasteiger partial charge on any atom is 0.139 e. The van der Waals surface area contributed by atoms with Gasteiger partial charge in [0.15, 0.2) is 0 Å². The van der Waals surface area contributed by atoms with Gasteiger partial charge in [0.1, 0.15) is 5.84 Å². The molecule has 1 saturated carbocycles. The van der Waals surface area contributed by atoms with E-state index in [1.54, 1.807) is 0 Å². The first-order valence-electron chi connectivity index (χ1n) is 5.09. The molecule has 1 fully saturated rings. The second kappa shape index (κ2) is 5.82. The normalized spacial score (nSPS) is 17.7. The number of aliphatic hydroxyl groups excluding tert-OH is 1. The molecule has 1 aliphatic carbocycles. The molecule has 0 radical (unpaired) electrons. The number of aliphatic hydroxyl groups is 1. The zero-order valence-corrected chi connectivity index (χ0v) is 8.39. The van der Waals surface area contributed by atoms with Crippen LogP contribution in [0.3, 0.4) is 0 Å². The lowest BCUT2D eigenvalue weighted by atomic mass is 10.2. The summed E-state index contributed by atoms with van der Waals surface area (Å²) in [6.45, 7) is 1.86. The minimum atomic E-state index is 0.208. The molecule has 4 N–H and O–H groups in total. The molecule has 0 unspecified atom stereocenters. The molecule has 1 rings (SSSR count). The van der Waals surface area contributed by atoms with E-state index in [1.807, 2.05) is 0 Å². The van der Waals surface area contributed by atoms with Crippen molar-refractivity contribution in [1.29, 1.82) is 0 Å². The quantitative estimate of drug-likeness (QED) is 0.234. The van der Waals surface area contributed by atoms with Gasteiger partial charge in [-0.1, -0.05) is 5.16 Å². The van der Waals surface area contributed by atoms with Crippen molar-refractivity contribution in [2.45, 2.75) is 31.7 Å².